The Balaban J connectivity index is 0.981. The molecule has 0 aliphatic carbocycles. The topological polar surface area (TPSA) is 43.7 Å². The van der Waals surface area contributed by atoms with E-state index in [-0.39, 0.29) is 13.4 Å². The fraction of sp³-hybridized carbons (Fsp3) is 0. The Morgan fingerprint density at radius 2 is 0.873 bits per heavy atom. The molecule has 5 nitrogen and oxygen atoms in total. The van der Waals surface area contributed by atoms with Crippen LogP contribution in [0.4, 0.5) is 17.1 Å². The lowest BCUT2D eigenvalue weighted by molar-refractivity contribution is 0.477. The summed E-state index contributed by atoms with van der Waals surface area (Å²) in [5, 5.41) is 7.07. The molecule has 0 saturated carbocycles. The minimum atomic E-state index is -0.226. The largest absolute Gasteiger partial charge is 0.471 e. The lowest BCUT2D eigenvalue weighted by Gasteiger charge is -2.33. The first-order chi connectivity index (χ1) is 31.3. The Labute approximate surface area is 363 Å². The predicted octanol–water partition coefficient (Wildman–Crippen LogP) is 10.4. The van der Waals surface area contributed by atoms with Crippen LogP contribution in [-0.2, 0) is 0 Å². The van der Waals surface area contributed by atoms with Crippen molar-refractivity contribution in [2.45, 2.75) is 0 Å². The van der Waals surface area contributed by atoms with Gasteiger partial charge in [0.05, 0.1) is 33.7 Å². The molecule has 0 N–H and O–H groups in total. The van der Waals surface area contributed by atoms with Gasteiger partial charge in [0, 0.05) is 32.9 Å². The van der Waals surface area contributed by atoms with Gasteiger partial charge in [0.1, 0.15) is 11.2 Å². The van der Waals surface area contributed by atoms with Crippen LogP contribution in [0.3, 0.4) is 0 Å². The van der Waals surface area contributed by atoms with E-state index in [1.807, 2.05) is 24.3 Å². The fourth-order valence-electron chi connectivity index (χ4n) is 10.7. The van der Waals surface area contributed by atoms with Crippen molar-refractivity contribution in [2.75, 3.05) is 4.90 Å². The van der Waals surface area contributed by atoms with Gasteiger partial charge in [-0.05, 0) is 94.5 Å². The maximum atomic E-state index is 7.24. The molecule has 63 heavy (non-hydrogen) atoms. The van der Waals surface area contributed by atoms with Crippen molar-refractivity contribution in [1.29, 1.82) is 0 Å². The molecule has 0 bridgehead atoms. The van der Waals surface area contributed by atoms with Gasteiger partial charge in [-0.3, -0.25) is 0 Å². The quantitative estimate of drug-likeness (QED) is 0.166. The van der Waals surface area contributed by atoms with E-state index in [1.54, 1.807) is 0 Å². The van der Waals surface area contributed by atoms with Gasteiger partial charge in [-0.1, -0.05) is 144 Å². The third-order valence-electron chi connectivity index (χ3n) is 13.4. The third kappa shape index (κ3) is 4.96. The second-order valence-electron chi connectivity index (χ2n) is 16.7. The Hall–Kier alpha value is -8.15. The lowest BCUT2D eigenvalue weighted by atomic mass is 9.24. The summed E-state index contributed by atoms with van der Waals surface area (Å²) in [5.41, 5.74) is 14.8. The molecule has 9 aromatic carbocycles. The summed E-state index contributed by atoms with van der Waals surface area (Å²) in [5.74, 6) is 1.66. The average Bonchev–Trinajstić information content (AvgIpc) is 4.03. The first kappa shape index (κ1) is 34.5. The van der Waals surface area contributed by atoms with Crippen LogP contribution in [0.2, 0.25) is 0 Å². The lowest BCUT2D eigenvalue weighted by Crippen LogP contribution is -2.73. The van der Waals surface area contributed by atoms with Crippen LogP contribution in [-0.4, -0.2) is 18.0 Å². The second-order valence-corrected chi connectivity index (χ2v) is 16.7. The number of furan rings is 2. The highest BCUT2D eigenvalue weighted by Crippen LogP contribution is 2.50. The number of anilines is 3. The minimum Gasteiger partial charge on any atom is -0.471 e. The molecule has 0 spiro atoms. The fourth-order valence-corrected chi connectivity index (χ4v) is 10.7. The highest BCUT2D eigenvalue weighted by Gasteiger charge is 2.47. The third-order valence-corrected chi connectivity index (χ3v) is 13.4. The Kier molecular flexibility index (Phi) is 7.22. The summed E-state index contributed by atoms with van der Waals surface area (Å²) in [6.07, 6.45) is 0. The molecule has 2 aliphatic rings. The van der Waals surface area contributed by atoms with Crippen LogP contribution in [0.25, 0.3) is 60.2 Å². The van der Waals surface area contributed by atoms with Crippen molar-refractivity contribution >= 4 is 118 Å². The van der Waals surface area contributed by atoms with E-state index in [4.69, 9.17) is 13.6 Å². The zero-order valence-electron chi connectivity index (χ0n) is 33.9. The number of para-hydroxylation sites is 7. The van der Waals surface area contributed by atoms with Gasteiger partial charge in [-0.15, -0.1) is 0 Å². The van der Waals surface area contributed by atoms with Gasteiger partial charge in [0.2, 0.25) is 0 Å². The maximum Gasteiger partial charge on any atom is 0.290 e. The number of nitrogens with zero attached hydrogens (tertiary/aromatic N) is 2. The Bertz CT molecular complexity index is 3710. The number of rotatable bonds is 4. The molecule has 0 fully saturated rings. The van der Waals surface area contributed by atoms with Crippen molar-refractivity contribution in [3.63, 3.8) is 0 Å². The molecular formula is C56H34B2N2O3. The van der Waals surface area contributed by atoms with Gasteiger partial charge >= 0.3 is 0 Å². The highest BCUT2D eigenvalue weighted by atomic mass is 16.5. The number of ether oxygens (including phenoxy) is 1. The molecule has 5 heterocycles. The van der Waals surface area contributed by atoms with Crippen molar-refractivity contribution < 1.29 is 13.6 Å². The minimum absolute atomic E-state index is 0.224. The highest BCUT2D eigenvalue weighted by molar-refractivity contribution is 7.12. The first-order valence-electron chi connectivity index (χ1n) is 21.6. The SMILES string of the molecule is c1ccc2c(c1)Oc1ccccc1N2c1ccc(B2c3oc4ccc5ccccc5c4c3B(c3ccc(-n4c5ccccc5c5ccccc54)cc3)c3oc4ccccc4c32)cc1. The summed E-state index contributed by atoms with van der Waals surface area (Å²) < 4.78 is 23.1. The molecular weight excluding hydrogens is 770 g/mol. The molecule has 0 amide bonds. The summed E-state index contributed by atoms with van der Waals surface area (Å²) in [4.78, 5) is 2.29. The van der Waals surface area contributed by atoms with Crippen molar-refractivity contribution in [2.24, 2.45) is 0 Å². The van der Waals surface area contributed by atoms with Gasteiger partial charge in [0.25, 0.3) is 13.4 Å². The first-order valence-corrected chi connectivity index (χ1v) is 21.6. The maximum absolute atomic E-state index is 7.24. The van der Waals surface area contributed by atoms with Crippen LogP contribution in [0.1, 0.15) is 0 Å². The van der Waals surface area contributed by atoms with E-state index in [0.29, 0.717) is 0 Å². The summed E-state index contributed by atoms with van der Waals surface area (Å²) >= 11 is 0. The zero-order valence-corrected chi connectivity index (χ0v) is 33.9. The second kappa shape index (κ2) is 13.2. The van der Waals surface area contributed by atoms with E-state index in [9.17, 15) is 0 Å². The molecule has 0 atom stereocenters. The molecule has 7 heteroatoms. The van der Waals surface area contributed by atoms with Gasteiger partial charge in [0.15, 0.2) is 11.5 Å². The summed E-state index contributed by atoms with van der Waals surface area (Å²) in [6.45, 7) is -0.449. The molecule has 0 radical (unpaired) electrons. The summed E-state index contributed by atoms with van der Waals surface area (Å²) in [7, 11) is 0. The number of benzene rings is 9. The molecule has 0 saturated heterocycles. The van der Waals surface area contributed by atoms with Crippen LogP contribution in [0.5, 0.6) is 11.5 Å². The molecule has 0 unspecified atom stereocenters. The van der Waals surface area contributed by atoms with Crippen LogP contribution in [0.15, 0.2) is 215 Å². The summed E-state index contributed by atoms with van der Waals surface area (Å²) in [6, 6.07) is 73.4. The molecule has 12 aromatic rings. The smallest absolute Gasteiger partial charge is 0.290 e. The van der Waals surface area contributed by atoms with Crippen LogP contribution < -0.4 is 42.8 Å². The van der Waals surface area contributed by atoms with Gasteiger partial charge < -0.3 is 23.0 Å². The predicted molar refractivity (Wildman–Crippen MR) is 261 cm³/mol. The molecule has 2 aliphatic heterocycles. The van der Waals surface area contributed by atoms with E-state index < -0.39 is 0 Å². The molecule has 14 rings (SSSR count). The van der Waals surface area contributed by atoms with Crippen LogP contribution in [0, 0.1) is 0 Å². The Morgan fingerprint density at radius 3 is 1.56 bits per heavy atom. The standard InChI is InChI=1S/C56H34B2N2O3/c1-2-14-40-35(13-1)25-34-51-52(40)54-56(63-51)57(36-26-32-39(33-27-36)60-46-20-8-11-23-49(46)61-50-24-12-9-21-47(50)60)53-43-17-5-10-22-48(43)62-55(53)58(54)37-28-30-38(31-29-37)59-44-18-6-3-15-41(44)42-16-4-7-19-45(42)59/h1-34H. The molecule has 3 aromatic heterocycles. The van der Waals surface area contributed by atoms with E-state index in [2.05, 4.69) is 191 Å². The average molecular weight is 805 g/mol. The van der Waals surface area contributed by atoms with Gasteiger partial charge in [-0.25, -0.2) is 0 Å². The van der Waals surface area contributed by atoms with Crippen molar-refractivity contribution in [3.05, 3.63) is 206 Å². The van der Waals surface area contributed by atoms with Crippen molar-refractivity contribution in [1.82, 2.24) is 4.57 Å². The Morgan fingerprint density at radius 1 is 0.365 bits per heavy atom. The van der Waals surface area contributed by atoms with E-state index >= 15 is 0 Å². The molecule has 292 valence electrons. The number of hydrogen-bond donors (Lipinski definition) is 0. The van der Waals surface area contributed by atoms with Crippen molar-refractivity contribution in [3.8, 4) is 17.2 Å². The van der Waals surface area contributed by atoms with Crippen LogP contribution >= 0.6 is 0 Å². The number of hydrogen-bond acceptors (Lipinski definition) is 4. The zero-order chi connectivity index (χ0) is 41.2. The van der Waals surface area contributed by atoms with E-state index in [1.165, 1.54) is 32.6 Å². The normalized spacial score (nSPS) is 13.1. The van der Waals surface area contributed by atoms with Gasteiger partial charge in [-0.2, -0.15) is 0 Å². The number of fused-ring (bicyclic) bond motifs is 13. The monoisotopic (exact) mass is 804 g/mol. The number of aromatic nitrogens is 1. The van der Waals surface area contributed by atoms with E-state index in [0.717, 1.165) is 89.4 Å².